The first-order chi connectivity index (χ1) is 12.3. The van der Waals surface area contributed by atoms with Crippen molar-refractivity contribution in [2.24, 2.45) is 0 Å². The summed E-state index contributed by atoms with van der Waals surface area (Å²) in [6.45, 7) is 8.34. The first-order valence-corrected chi connectivity index (χ1v) is 10.1. The number of nitrogens with zero attached hydrogens (tertiary/aromatic N) is 2. The highest BCUT2D eigenvalue weighted by Gasteiger charge is 2.12. The molecule has 0 saturated heterocycles. The minimum absolute atomic E-state index is 0.526. The van der Waals surface area contributed by atoms with E-state index in [1.54, 1.807) is 12.1 Å². The summed E-state index contributed by atoms with van der Waals surface area (Å²) in [4.78, 5) is 2.31. The third-order valence-corrected chi connectivity index (χ3v) is 5.69. The number of rotatable bonds is 8. The Morgan fingerprint density at radius 3 is 2.00 bits per heavy atom. The fraction of sp³-hybridized carbons (Fsp3) is 0.368. The Balaban J connectivity index is 2.12. The maximum Gasteiger partial charge on any atom is 0.301 e. The van der Waals surface area contributed by atoms with E-state index in [1.807, 2.05) is 12.1 Å². The van der Waals surface area contributed by atoms with Crippen molar-refractivity contribution in [2.75, 3.05) is 42.1 Å². The number of anilines is 4. The molecule has 0 aliphatic heterocycles. The first kappa shape index (κ1) is 20.1. The van der Waals surface area contributed by atoms with Crippen molar-refractivity contribution < 1.29 is 8.42 Å². The smallest absolute Gasteiger partial charge is 0.301 e. The summed E-state index contributed by atoms with van der Waals surface area (Å²) in [5, 5.41) is 3.38. The van der Waals surface area contributed by atoms with E-state index in [4.69, 9.17) is 0 Å². The molecule has 0 radical (unpaired) electrons. The molecule has 142 valence electrons. The lowest BCUT2D eigenvalue weighted by Crippen LogP contribution is -2.28. The van der Waals surface area contributed by atoms with E-state index in [-0.39, 0.29) is 0 Å². The highest BCUT2D eigenvalue weighted by atomic mass is 32.2. The van der Waals surface area contributed by atoms with Crippen LogP contribution < -0.4 is 14.9 Å². The third kappa shape index (κ3) is 4.89. The summed E-state index contributed by atoms with van der Waals surface area (Å²) in [6, 6.07) is 13.5. The lowest BCUT2D eigenvalue weighted by atomic mass is 10.1. The summed E-state index contributed by atoms with van der Waals surface area (Å²) in [5.74, 6) is 0. The fourth-order valence-electron chi connectivity index (χ4n) is 2.59. The molecule has 26 heavy (non-hydrogen) atoms. The van der Waals surface area contributed by atoms with Crippen LogP contribution in [0.5, 0.6) is 0 Å². The second-order valence-corrected chi connectivity index (χ2v) is 8.15. The highest BCUT2D eigenvalue weighted by Crippen LogP contribution is 2.26. The quantitative estimate of drug-likeness (QED) is 0.735. The minimum atomic E-state index is -3.49. The van der Waals surface area contributed by atoms with Crippen molar-refractivity contribution >= 4 is 33.0 Å². The Labute approximate surface area is 157 Å². The Bertz CT molecular complexity index is 829. The van der Waals surface area contributed by atoms with Crippen LogP contribution in [-0.4, -0.2) is 39.9 Å². The molecule has 2 N–H and O–H groups in total. The van der Waals surface area contributed by atoms with E-state index in [1.165, 1.54) is 19.8 Å². The van der Waals surface area contributed by atoms with Gasteiger partial charge in [0.1, 0.15) is 0 Å². The molecule has 0 unspecified atom stereocenters. The Kier molecular flexibility index (Phi) is 6.50. The maximum absolute atomic E-state index is 11.9. The molecule has 0 heterocycles. The molecule has 0 saturated carbocycles. The van der Waals surface area contributed by atoms with Crippen molar-refractivity contribution in [2.45, 2.75) is 20.8 Å². The molecule has 0 aliphatic carbocycles. The van der Waals surface area contributed by atoms with Crippen LogP contribution in [0.15, 0.2) is 42.5 Å². The van der Waals surface area contributed by atoms with Crippen LogP contribution >= 0.6 is 0 Å². The van der Waals surface area contributed by atoms with Gasteiger partial charge in [0.05, 0.1) is 0 Å². The van der Waals surface area contributed by atoms with E-state index in [2.05, 4.69) is 53.9 Å². The summed E-state index contributed by atoms with van der Waals surface area (Å²) in [5.41, 5.74) is 4.83. The SMILES string of the molecule is CCN(CC)c1ccc(Nc2ccc(NS(=O)(=O)N(C)C)cc2)c(C)c1. The minimum Gasteiger partial charge on any atom is -0.372 e. The number of nitrogens with one attached hydrogen (secondary N) is 2. The number of hydrogen-bond donors (Lipinski definition) is 2. The van der Waals surface area contributed by atoms with Gasteiger partial charge in [0.25, 0.3) is 0 Å². The van der Waals surface area contributed by atoms with Gasteiger partial charge in [0, 0.05) is 49.9 Å². The molecule has 0 fully saturated rings. The summed E-state index contributed by atoms with van der Waals surface area (Å²) in [6.07, 6.45) is 0. The van der Waals surface area contributed by atoms with Gasteiger partial charge in [-0.15, -0.1) is 0 Å². The van der Waals surface area contributed by atoms with Crippen LogP contribution in [0.4, 0.5) is 22.7 Å². The van der Waals surface area contributed by atoms with Crippen LogP contribution in [0.3, 0.4) is 0 Å². The fourth-order valence-corrected chi connectivity index (χ4v) is 3.21. The van der Waals surface area contributed by atoms with Gasteiger partial charge in [-0.05, 0) is 68.8 Å². The lowest BCUT2D eigenvalue weighted by molar-refractivity contribution is 0.527. The number of benzene rings is 2. The summed E-state index contributed by atoms with van der Waals surface area (Å²) < 4.78 is 27.4. The molecular formula is C19H28N4O2S. The molecule has 0 atom stereocenters. The molecule has 0 bridgehead atoms. The second kappa shape index (κ2) is 8.42. The molecule has 0 aliphatic rings. The maximum atomic E-state index is 11.9. The Morgan fingerprint density at radius 1 is 0.923 bits per heavy atom. The average molecular weight is 377 g/mol. The van der Waals surface area contributed by atoms with Crippen LogP contribution in [0, 0.1) is 6.92 Å². The van der Waals surface area contributed by atoms with Crippen LogP contribution in [0.25, 0.3) is 0 Å². The van der Waals surface area contributed by atoms with Crippen molar-refractivity contribution in [3.63, 3.8) is 0 Å². The van der Waals surface area contributed by atoms with Gasteiger partial charge in [-0.25, -0.2) is 0 Å². The monoisotopic (exact) mass is 376 g/mol. The van der Waals surface area contributed by atoms with E-state index >= 15 is 0 Å². The summed E-state index contributed by atoms with van der Waals surface area (Å²) >= 11 is 0. The van der Waals surface area contributed by atoms with E-state index < -0.39 is 10.2 Å². The molecule has 2 aromatic rings. The van der Waals surface area contributed by atoms with Crippen LogP contribution in [0.1, 0.15) is 19.4 Å². The molecule has 6 nitrogen and oxygen atoms in total. The van der Waals surface area contributed by atoms with Crippen LogP contribution in [0.2, 0.25) is 0 Å². The van der Waals surface area contributed by atoms with Gasteiger partial charge in [0.2, 0.25) is 0 Å². The lowest BCUT2D eigenvalue weighted by Gasteiger charge is -2.22. The first-order valence-electron chi connectivity index (χ1n) is 8.69. The van der Waals surface area contributed by atoms with Crippen molar-refractivity contribution in [3.05, 3.63) is 48.0 Å². The molecule has 7 heteroatoms. The highest BCUT2D eigenvalue weighted by molar-refractivity contribution is 7.90. The molecular weight excluding hydrogens is 348 g/mol. The Hall–Kier alpha value is -2.25. The largest absolute Gasteiger partial charge is 0.372 e. The predicted octanol–water partition coefficient (Wildman–Crippen LogP) is 3.80. The van der Waals surface area contributed by atoms with Gasteiger partial charge in [-0.2, -0.15) is 12.7 Å². The summed E-state index contributed by atoms with van der Waals surface area (Å²) in [7, 11) is -0.512. The number of aryl methyl sites for hydroxylation is 1. The standard InChI is InChI=1S/C19H28N4O2S/c1-6-23(7-2)18-12-13-19(15(3)14-18)20-16-8-10-17(11-9-16)21-26(24,25)22(4)5/h8-14,20-21H,6-7H2,1-5H3. The molecule has 2 rings (SSSR count). The van der Waals surface area contributed by atoms with Gasteiger partial charge >= 0.3 is 10.2 Å². The zero-order valence-corrected chi connectivity index (χ0v) is 16.9. The van der Waals surface area contributed by atoms with Gasteiger partial charge in [0.15, 0.2) is 0 Å². The van der Waals surface area contributed by atoms with Crippen LogP contribution in [-0.2, 0) is 10.2 Å². The molecule has 0 amide bonds. The van der Waals surface area contributed by atoms with E-state index in [0.29, 0.717) is 5.69 Å². The van der Waals surface area contributed by atoms with Crippen molar-refractivity contribution in [1.82, 2.24) is 4.31 Å². The molecule has 2 aromatic carbocycles. The zero-order chi connectivity index (χ0) is 19.3. The normalized spacial score (nSPS) is 11.5. The van der Waals surface area contributed by atoms with Gasteiger partial charge in [-0.1, -0.05) is 0 Å². The molecule has 0 aromatic heterocycles. The van der Waals surface area contributed by atoms with Gasteiger partial charge in [-0.3, -0.25) is 4.72 Å². The molecule has 0 spiro atoms. The Morgan fingerprint density at radius 2 is 1.50 bits per heavy atom. The zero-order valence-electron chi connectivity index (χ0n) is 16.1. The van der Waals surface area contributed by atoms with E-state index in [9.17, 15) is 8.42 Å². The van der Waals surface area contributed by atoms with Crippen molar-refractivity contribution in [3.8, 4) is 0 Å². The average Bonchev–Trinajstić information content (AvgIpc) is 2.59. The topological polar surface area (TPSA) is 64.7 Å². The van der Waals surface area contributed by atoms with Crippen molar-refractivity contribution in [1.29, 1.82) is 0 Å². The second-order valence-electron chi connectivity index (χ2n) is 6.26. The third-order valence-electron chi connectivity index (χ3n) is 4.23. The van der Waals surface area contributed by atoms with E-state index in [0.717, 1.165) is 34.3 Å². The van der Waals surface area contributed by atoms with Gasteiger partial charge < -0.3 is 10.2 Å². The predicted molar refractivity (Wildman–Crippen MR) is 111 cm³/mol. The number of hydrogen-bond acceptors (Lipinski definition) is 4.